The molecule has 92 valence electrons. The van der Waals surface area contributed by atoms with Crippen LogP contribution in [-0.2, 0) is 10.2 Å². The minimum atomic E-state index is -0.0425. The molecule has 2 aromatic rings. The molecular weight excluding hydrogens is 290 g/mol. The minimum absolute atomic E-state index is 0.0425. The van der Waals surface area contributed by atoms with Crippen LogP contribution in [0.4, 0.5) is 5.69 Å². The second kappa shape index (κ2) is 4.41. The van der Waals surface area contributed by atoms with Gasteiger partial charge in [-0.15, -0.1) is 0 Å². The molecule has 0 bridgehead atoms. The Morgan fingerprint density at radius 1 is 1.00 bits per heavy atom. The maximum atomic E-state index is 5.89. The summed E-state index contributed by atoms with van der Waals surface area (Å²) in [5.41, 5.74) is 9.15. The van der Waals surface area contributed by atoms with E-state index < -0.39 is 0 Å². The van der Waals surface area contributed by atoms with Crippen LogP contribution in [0.1, 0.15) is 11.1 Å². The molecule has 0 aromatic heterocycles. The summed E-state index contributed by atoms with van der Waals surface area (Å²) in [7, 11) is 0. The van der Waals surface area contributed by atoms with Crippen LogP contribution in [0.3, 0.4) is 0 Å². The third kappa shape index (κ3) is 1.84. The van der Waals surface area contributed by atoms with Crippen molar-refractivity contribution in [3.63, 3.8) is 0 Å². The normalized spacial score (nSPS) is 17.2. The fourth-order valence-electron chi connectivity index (χ4n) is 2.43. The summed E-state index contributed by atoms with van der Waals surface area (Å²) in [5, 5.41) is 0. The molecule has 2 nitrogen and oxygen atoms in total. The fourth-order valence-corrected chi connectivity index (χ4v) is 2.83. The van der Waals surface area contributed by atoms with Crippen molar-refractivity contribution in [1.82, 2.24) is 0 Å². The van der Waals surface area contributed by atoms with E-state index in [2.05, 4.69) is 40.2 Å². The molecule has 2 aromatic carbocycles. The fraction of sp³-hybridized carbons (Fsp3) is 0.200. The van der Waals surface area contributed by atoms with E-state index in [0.717, 1.165) is 10.2 Å². The summed E-state index contributed by atoms with van der Waals surface area (Å²) in [4.78, 5) is 0. The first-order valence-corrected chi connectivity index (χ1v) is 6.70. The molecule has 0 radical (unpaired) electrons. The van der Waals surface area contributed by atoms with E-state index in [9.17, 15) is 0 Å². The number of ether oxygens (including phenoxy) is 1. The molecule has 0 amide bonds. The molecule has 1 saturated heterocycles. The zero-order valence-electron chi connectivity index (χ0n) is 9.90. The van der Waals surface area contributed by atoms with Gasteiger partial charge >= 0.3 is 0 Å². The monoisotopic (exact) mass is 303 g/mol. The van der Waals surface area contributed by atoms with Gasteiger partial charge in [0.05, 0.1) is 18.6 Å². The second-order valence-electron chi connectivity index (χ2n) is 4.71. The number of halogens is 1. The Hall–Kier alpha value is -1.32. The molecular formula is C15H14BrNO. The van der Waals surface area contributed by atoms with Crippen LogP contribution >= 0.6 is 15.9 Å². The molecule has 1 aliphatic heterocycles. The third-order valence-electron chi connectivity index (χ3n) is 3.51. The molecule has 1 heterocycles. The number of hydrogen-bond acceptors (Lipinski definition) is 2. The van der Waals surface area contributed by atoms with E-state index in [0.29, 0.717) is 13.2 Å². The van der Waals surface area contributed by atoms with Crippen molar-refractivity contribution >= 4 is 21.6 Å². The van der Waals surface area contributed by atoms with Gasteiger partial charge in [0.15, 0.2) is 0 Å². The Balaban J connectivity index is 2.10. The first-order valence-electron chi connectivity index (χ1n) is 5.90. The lowest BCUT2D eigenvalue weighted by Gasteiger charge is -2.42. The summed E-state index contributed by atoms with van der Waals surface area (Å²) >= 11 is 3.53. The van der Waals surface area contributed by atoms with Gasteiger partial charge < -0.3 is 10.5 Å². The van der Waals surface area contributed by atoms with Crippen LogP contribution in [0.15, 0.2) is 53.0 Å². The van der Waals surface area contributed by atoms with Crippen molar-refractivity contribution < 1.29 is 4.74 Å². The average molecular weight is 304 g/mol. The maximum absolute atomic E-state index is 5.89. The Morgan fingerprint density at radius 3 is 2.22 bits per heavy atom. The quantitative estimate of drug-likeness (QED) is 0.864. The van der Waals surface area contributed by atoms with Crippen molar-refractivity contribution in [3.8, 4) is 0 Å². The molecule has 0 aliphatic carbocycles. The average Bonchev–Trinajstić information content (AvgIpc) is 2.28. The molecule has 2 N–H and O–H groups in total. The number of anilines is 1. The summed E-state index contributed by atoms with van der Waals surface area (Å²) in [6.45, 7) is 1.43. The van der Waals surface area contributed by atoms with E-state index in [-0.39, 0.29) is 5.41 Å². The van der Waals surface area contributed by atoms with Crippen LogP contribution in [0.5, 0.6) is 0 Å². The minimum Gasteiger partial charge on any atom is -0.399 e. The molecule has 0 unspecified atom stereocenters. The number of benzene rings is 2. The molecule has 0 spiro atoms. The molecule has 0 atom stereocenters. The van der Waals surface area contributed by atoms with Gasteiger partial charge in [-0.1, -0.05) is 40.2 Å². The van der Waals surface area contributed by atoms with E-state index in [1.807, 2.05) is 24.3 Å². The number of nitrogen functional groups attached to an aromatic ring is 1. The topological polar surface area (TPSA) is 35.2 Å². The highest BCUT2D eigenvalue weighted by atomic mass is 79.9. The Bertz CT molecular complexity index is 531. The van der Waals surface area contributed by atoms with Crippen molar-refractivity contribution in [2.45, 2.75) is 5.41 Å². The van der Waals surface area contributed by atoms with Gasteiger partial charge in [-0.05, 0) is 35.4 Å². The van der Waals surface area contributed by atoms with Crippen LogP contribution in [0.2, 0.25) is 0 Å². The Labute approximate surface area is 115 Å². The Kier molecular flexibility index (Phi) is 2.88. The largest absolute Gasteiger partial charge is 0.399 e. The summed E-state index contributed by atoms with van der Waals surface area (Å²) < 4.78 is 6.56. The molecule has 1 aliphatic rings. The van der Waals surface area contributed by atoms with Gasteiger partial charge in [0.25, 0.3) is 0 Å². The van der Waals surface area contributed by atoms with Gasteiger partial charge in [-0.3, -0.25) is 0 Å². The van der Waals surface area contributed by atoms with E-state index in [1.165, 1.54) is 11.1 Å². The summed E-state index contributed by atoms with van der Waals surface area (Å²) in [6.07, 6.45) is 0. The number of rotatable bonds is 2. The molecule has 0 saturated carbocycles. The van der Waals surface area contributed by atoms with Crippen molar-refractivity contribution in [1.29, 1.82) is 0 Å². The van der Waals surface area contributed by atoms with E-state index >= 15 is 0 Å². The number of nitrogens with two attached hydrogens (primary N) is 1. The molecule has 18 heavy (non-hydrogen) atoms. The van der Waals surface area contributed by atoms with Gasteiger partial charge in [0, 0.05) is 10.2 Å². The van der Waals surface area contributed by atoms with Gasteiger partial charge in [-0.25, -0.2) is 0 Å². The lowest BCUT2D eigenvalue weighted by atomic mass is 9.73. The smallest absolute Gasteiger partial charge is 0.0670 e. The van der Waals surface area contributed by atoms with Crippen molar-refractivity contribution in [2.75, 3.05) is 18.9 Å². The van der Waals surface area contributed by atoms with Crippen molar-refractivity contribution in [2.24, 2.45) is 0 Å². The lowest BCUT2D eigenvalue weighted by molar-refractivity contribution is -0.0379. The SMILES string of the molecule is Nc1cccc(C2(c3cccc(Br)c3)COC2)c1. The predicted molar refractivity (Wildman–Crippen MR) is 76.6 cm³/mol. The number of hydrogen-bond donors (Lipinski definition) is 1. The maximum Gasteiger partial charge on any atom is 0.0670 e. The highest BCUT2D eigenvalue weighted by Crippen LogP contribution is 2.40. The third-order valence-corrected chi connectivity index (χ3v) is 4.01. The van der Waals surface area contributed by atoms with Crippen LogP contribution in [0, 0.1) is 0 Å². The van der Waals surface area contributed by atoms with Gasteiger partial charge in [0.2, 0.25) is 0 Å². The van der Waals surface area contributed by atoms with Gasteiger partial charge in [-0.2, -0.15) is 0 Å². The zero-order chi connectivity index (χ0) is 12.6. The molecule has 3 rings (SSSR count). The molecule has 3 heteroatoms. The lowest BCUT2D eigenvalue weighted by Crippen LogP contribution is -2.47. The summed E-state index contributed by atoms with van der Waals surface area (Å²) in [5.74, 6) is 0. The van der Waals surface area contributed by atoms with Gasteiger partial charge in [0.1, 0.15) is 0 Å². The Morgan fingerprint density at radius 2 is 1.67 bits per heavy atom. The predicted octanol–water partition coefficient (Wildman–Crippen LogP) is 3.35. The van der Waals surface area contributed by atoms with Crippen LogP contribution in [-0.4, -0.2) is 13.2 Å². The highest BCUT2D eigenvalue weighted by molar-refractivity contribution is 9.10. The van der Waals surface area contributed by atoms with Crippen LogP contribution < -0.4 is 5.73 Å². The zero-order valence-corrected chi connectivity index (χ0v) is 11.5. The van der Waals surface area contributed by atoms with E-state index in [1.54, 1.807) is 0 Å². The van der Waals surface area contributed by atoms with E-state index in [4.69, 9.17) is 10.5 Å². The second-order valence-corrected chi connectivity index (χ2v) is 5.63. The van der Waals surface area contributed by atoms with Crippen molar-refractivity contribution in [3.05, 3.63) is 64.1 Å². The standard InChI is InChI=1S/C15H14BrNO/c16-13-5-1-3-11(7-13)15(9-18-10-15)12-4-2-6-14(17)8-12/h1-8H,9-10,17H2. The van der Waals surface area contributed by atoms with Crippen LogP contribution in [0.25, 0.3) is 0 Å². The highest BCUT2D eigenvalue weighted by Gasteiger charge is 2.42. The summed E-state index contributed by atoms with van der Waals surface area (Å²) in [6, 6.07) is 16.5. The molecule has 1 fully saturated rings. The first-order chi connectivity index (χ1) is 8.71. The first kappa shape index (κ1) is 11.8.